The van der Waals surface area contributed by atoms with E-state index in [1.54, 1.807) is 0 Å². The van der Waals surface area contributed by atoms with Crippen LogP contribution in [0.2, 0.25) is 0 Å². The average molecular weight is 256 g/mol. The van der Waals surface area contributed by atoms with Gasteiger partial charge in [0, 0.05) is 6.54 Å². The van der Waals surface area contributed by atoms with Crippen LogP contribution in [0.5, 0.6) is 0 Å². The molecule has 0 N–H and O–H groups in total. The van der Waals surface area contributed by atoms with Crippen molar-refractivity contribution in [3.05, 3.63) is 0 Å². The van der Waals surface area contributed by atoms with Gasteiger partial charge in [-0.15, -0.1) is 0 Å². The lowest BCUT2D eigenvalue weighted by Gasteiger charge is -2.33. The van der Waals surface area contributed by atoms with E-state index in [0.29, 0.717) is 0 Å². The minimum absolute atomic E-state index is 0.981. The van der Waals surface area contributed by atoms with Gasteiger partial charge in [0.1, 0.15) is 0 Å². The summed E-state index contributed by atoms with van der Waals surface area (Å²) in [7, 11) is 0. The number of hydrogen-bond acceptors (Lipinski definition) is 3. The second kappa shape index (κ2) is 7.65. The Labute approximate surface area is 112 Å². The highest BCUT2D eigenvalue weighted by Gasteiger charge is 2.22. The van der Waals surface area contributed by atoms with Gasteiger partial charge in [-0.3, -0.25) is 0 Å². The highest BCUT2D eigenvalue weighted by atomic mass is 32.1. The molecule has 0 aromatic rings. The summed E-state index contributed by atoms with van der Waals surface area (Å²) in [4.78, 5) is 5.34. The first-order chi connectivity index (χ1) is 8.38. The fourth-order valence-corrected chi connectivity index (χ4v) is 3.39. The third kappa shape index (κ3) is 4.80. The summed E-state index contributed by atoms with van der Waals surface area (Å²) in [6.07, 6.45) is 8.33. The molecule has 2 heterocycles. The molecule has 0 unspecified atom stereocenters. The Bertz CT molecular complexity index is 196. The largest absolute Gasteiger partial charge is 0.303 e. The number of likely N-dealkylation sites (tertiary alicyclic amines) is 2. The molecule has 2 aliphatic heterocycles. The number of thiol groups is 1. The van der Waals surface area contributed by atoms with Crippen LogP contribution in [0, 0.1) is 5.92 Å². The number of nitrogens with zero attached hydrogens (tertiary/aromatic N) is 2. The van der Waals surface area contributed by atoms with Crippen molar-refractivity contribution in [2.75, 3.05) is 45.0 Å². The number of hydrogen-bond donors (Lipinski definition) is 1. The van der Waals surface area contributed by atoms with E-state index in [1.165, 1.54) is 77.8 Å². The van der Waals surface area contributed by atoms with Gasteiger partial charge in [-0.2, -0.15) is 12.6 Å². The predicted octanol–water partition coefficient (Wildman–Crippen LogP) is 2.50. The second-order valence-electron chi connectivity index (χ2n) is 5.72. The summed E-state index contributed by atoms with van der Waals surface area (Å²) in [5.74, 6) is 2.03. The molecule has 0 amide bonds. The van der Waals surface area contributed by atoms with Crippen molar-refractivity contribution in [2.24, 2.45) is 5.92 Å². The van der Waals surface area contributed by atoms with Gasteiger partial charge in [0.05, 0.1) is 0 Å². The van der Waals surface area contributed by atoms with E-state index in [9.17, 15) is 0 Å². The van der Waals surface area contributed by atoms with Crippen molar-refractivity contribution in [1.82, 2.24) is 9.80 Å². The fourth-order valence-electron chi connectivity index (χ4n) is 3.17. The lowest BCUT2D eigenvalue weighted by molar-refractivity contribution is 0.153. The molecule has 0 atom stereocenters. The number of rotatable bonds is 6. The molecule has 0 spiro atoms. The summed E-state index contributed by atoms with van der Waals surface area (Å²) in [5, 5.41) is 0. The topological polar surface area (TPSA) is 6.48 Å². The Hall–Kier alpha value is 0.270. The van der Waals surface area contributed by atoms with Crippen molar-refractivity contribution in [3.63, 3.8) is 0 Å². The maximum Gasteiger partial charge on any atom is 0.00106 e. The Morgan fingerprint density at radius 1 is 0.882 bits per heavy atom. The minimum Gasteiger partial charge on any atom is -0.303 e. The van der Waals surface area contributed by atoms with Crippen LogP contribution in [0.25, 0.3) is 0 Å². The van der Waals surface area contributed by atoms with Gasteiger partial charge in [0.15, 0.2) is 0 Å². The Balaban J connectivity index is 1.57. The van der Waals surface area contributed by atoms with E-state index in [0.717, 1.165) is 11.7 Å². The van der Waals surface area contributed by atoms with E-state index in [2.05, 4.69) is 22.4 Å². The third-order valence-electron chi connectivity index (χ3n) is 4.30. The van der Waals surface area contributed by atoms with Gasteiger partial charge in [-0.25, -0.2) is 0 Å². The molecule has 0 saturated carbocycles. The minimum atomic E-state index is 0.981. The lowest BCUT2D eigenvalue weighted by atomic mass is 9.96. The number of piperidine rings is 1. The van der Waals surface area contributed by atoms with Crippen molar-refractivity contribution in [2.45, 2.75) is 38.5 Å². The van der Waals surface area contributed by atoms with Crippen LogP contribution < -0.4 is 0 Å². The van der Waals surface area contributed by atoms with Crippen LogP contribution in [0.4, 0.5) is 0 Å². The first-order valence-corrected chi connectivity index (χ1v) is 8.07. The normalized spacial score (nSPS) is 24.5. The fraction of sp³-hybridized carbons (Fsp3) is 1.00. The van der Waals surface area contributed by atoms with Crippen LogP contribution in [0.15, 0.2) is 0 Å². The molecule has 17 heavy (non-hydrogen) atoms. The van der Waals surface area contributed by atoms with Gasteiger partial charge in [-0.05, 0) is 82.9 Å². The quantitative estimate of drug-likeness (QED) is 0.576. The highest BCUT2D eigenvalue weighted by Crippen LogP contribution is 2.20. The zero-order valence-electron chi connectivity index (χ0n) is 11.1. The maximum absolute atomic E-state index is 4.27. The maximum atomic E-state index is 4.27. The van der Waals surface area contributed by atoms with Crippen LogP contribution in [0.1, 0.15) is 38.5 Å². The Kier molecular flexibility index (Phi) is 6.16. The molecule has 2 rings (SSSR count). The monoisotopic (exact) mass is 256 g/mol. The molecule has 2 nitrogen and oxygen atoms in total. The molecule has 100 valence electrons. The smallest absolute Gasteiger partial charge is 0.00106 e. The van der Waals surface area contributed by atoms with Gasteiger partial charge in [0.25, 0.3) is 0 Å². The van der Waals surface area contributed by atoms with E-state index < -0.39 is 0 Å². The van der Waals surface area contributed by atoms with E-state index >= 15 is 0 Å². The average Bonchev–Trinajstić information content (AvgIpc) is 2.85. The molecule has 0 aromatic heterocycles. The Morgan fingerprint density at radius 3 is 2.24 bits per heavy atom. The Morgan fingerprint density at radius 2 is 1.59 bits per heavy atom. The van der Waals surface area contributed by atoms with Gasteiger partial charge in [-0.1, -0.05) is 0 Å². The lowest BCUT2D eigenvalue weighted by Crippen LogP contribution is -2.38. The van der Waals surface area contributed by atoms with E-state index in [1.807, 2.05) is 0 Å². The van der Waals surface area contributed by atoms with E-state index in [-0.39, 0.29) is 0 Å². The zero-order chi connectivity index (χ0) is 11.9. The molecule has 0 aromatic carbocycles. The second-order valence-corrected chi connectivity index (χ2v) is 6.17. The standard InChI is InChI=1S/C14H28N2S/c17-12-4-3-7-15-10-5-14(6-11-15)13-16-8-1-2-9-16/h14,17H,1-13H2. The molecule has 0 bridgehead atoms. The van der Waals surface area contributed by atoms with Crippen LogP contribution in [-0.4, -0.2) is 54.8 Å². The third-order valence-corrected chi connectivity index (χ3v) is 4.62. The van der Waals surface area contributed by atoms with Crippen molar-refractivity contribution in [3.8, 4) is 0 Å². The van der Waals surface area contributed by atoms with Gasteiger partial charge >= 0.3 is 0 Å². The molecule has 0 aliphatic carbocycles. The summed E-state index contributed by atoms with van der Waals surface area (Å²) >= 11 is 4.27. The van der Waals surface area contributed by atoms with Crippen molar-refractivity contribution < 1.29 is 0 Å². The summed E-state index contributed by atoms with van der Waals surface area (Å²) in [6, 6.07) is 0. The first kappa shape index (κ1) is 13.7. The van der Waals surface area contributed by atoms with Crippen molar-refractivity contribution in [1.29, 1.82) is 0 Å². The first-order valence-electron chi connectivity index (χ1n) is 7.44. The molecule has 2 aliphatic rings. The highest BCUT2D eigenvalue weighted by molar-refractivity contribution is 7.80. The predicted molar refractivity (Wildman–Crippen MR) is 77.9 cm³/mol. The molecule has 2 fully saturated rings. The number of unbranched alkanes of at least 4 members (excludes halogenated alkanes) is 1. The van der Waals surface area contributed by atoms with Crippen LogP contribution >= 0.6 is 12.6 Å². The zero-order valence-corrected chi connectivity index (χ0v) is 12.0. The van der Waals surface area contributed by atoms with Crippen molar-refractivity contribution >= 4 is 12.6 Å². The van der Waals surface area contributed by atoms with Crippen LogP contribution in [-0.2, 0) is 0 Å². The van der Waals surface area contributed by atoms with Gasteiger partial charge in [0.2, 0.25) is 0 Å². The van der Waals surface area contributed by atoms with Gasteiger partial charge < -0.3 is 9.80 Å². The summed E-state index contributed by atoms with van der Waals surface area (Å²) in [6.45, 7) is 8.09. The molecular weight excluding hydrogens is 228 g/mol. The molecule has 0 radical (unpaired) electrons. The van der Waals surface area contributed by atoms with E-state index in [4.69, 9.17) is 0 Å². The molecule has 3 heteroatoms. The SMILES string of the molecule is SCCCCN1CCC(CN2CCCC2)CC1. The summed E-state index contributed by atoms with van der Waals surface area (Å²) < 4.78 is 0. The van der Waals surface area contributed by atoms with Crippen LogP contribution in [0.3, 0.4) is 0 Å². The molecule has 2 saturated heterocycles. The summed E-state index contributed by atoms with van der Waals surface area (Å²) in [5.41, 5.74) is 0. The molecular formula is C14H28N2S.